The molecule has 4 aromatic rings. The molecular weight excluding hydrogens is 572 g/mol. The molecular formula is C29H33BrOS4. The van der Waals surface area contributed by atoms with Crippen LogP contribution in [0.2, 0.25) is 0 Å². The van der Waals surface area contributed by atoms with Gasteiger partial charge >= 0.3 is 0 Å². The van der Waals surface area contributed by atoms with E-state index in [4.69, 9.17) is 0 Å². The molecule has 35 heavy (non-hydrogen) atoms. The van der Waals surface area contributed by atoms with E-state index in [0.29, 0.717) is 0 Å². The molecule has 0 saturated carbocycles. The summed E-state index contributed by atoms with van der Waals surface area (Å²) in [6.07, 6.45) is 13.4. The maximum atomic E-state index is 11.5. The lowest BCUT2D eigenvalue weighted by Crippen LogP contribution is -1.85. The van der Waals surface area contributed by atoms with Gasteiger partial charge in [0.15, 0.2) is 6.29 Å². The van der Waals surface area contributed by atoms with Crippen molar-refractivity contribution in [1.82, 2.24) is 0 Å². The molecule has 0 saturated heterocycles. The number of aldehydes is 1. The number of unbranched alkanes of at least 4 members (excludes halogenated alkanes) is 6. The zero-order valence-electron chi connectivity index (χ0n) is 20.5. The van der Waals surface area contributed by atoms with Gasteiger partial charge in [-0.15, -0.1) is 45.3 Å². The van der Waals surface area contributed by atoms with Gasteiger partial charge in [-0.2, -0.15) is 0 Å². The average molecular weight is 606 g/mol. The lowest BCUT2D eigenvalue weighted by molar-refractivity contribution is 0.112. The lowest BCUT2D eigenvalue weighted by atomic mass is 10.1. The van der Waals surface area contributed by atoms with Gasteiger partial charge in [-0.3, -0.25) is 4.79 Å². The van der Waals surface area contributed by atoms with Crippen LogP contribution in [0.25, 0.3) is 29.3 Å². The van der Waals surface area contributed by atoms with E-state index in [1.807, 2.05) is 34.0 Å². The van der Waals surface area contributed by atoms with Crippen LogP contribution in [-0.4, -0.2) is 6.29 Å². The maximum absolute atomic E-state index is 11.5. The molecule has 0 atom stereocenters. The van der Waals surface area contributed by atoms with E-state index < -0.39 is 0 Å². The second kappa shape index (κ2) is 13.5. The second-order valence-corrected chi connectivity index (χ2v) is 14.7. The topological polar surface area (TPSA) is 17.1 Å². The summed E-state index contributed by atoms with van der Waals surface area (Å²) in [6.45, 7) is 4.51. The van der Waals surface area contributed by atoms with Gasteiger partial charge in [0.05, 0.1) is 8.66 Å². The number of rotatable bonds is 14. The average Bonchev–Trinajstić information content (AvgIpc) is 3.64. The quantitative estimate of drug-likeness (QED) is 0.103. The Morgan fingerprint density at radius 3 is 1.71 bits per heavy atom. The zero-order valence-corrected chi connectivity index (χ0v) is 25.4. The zero-order chi connectivity index (χ0) is 24.6. The molecule has 1 nitrogen and oxygen atoms in total. The normalized spacial score (nSPS) is 11.4. The predicted molar refractivity (Wildman–Crippen MR) is 163 cm³/mol. The van der Waals surface area contributed by atoms with E-state index in [9.17, 15) is 4.79 Å². The molecule has 0 radical (unpaired) electrons. The van der Waals surface area contributed by atoms with Crippen LogP contribution < -0.4 is 0 Å². The van der Waals surface area contributed by atoms with Crippen LogP contribution in [0.5, 0.6) is 0 Å². The standard InChI is InChI=1S/C29H33BrOS4/c1-3-5-7-9-11-20-17-22(19-31)32-28(20)25-15-13-23(33-25)24-14-16-26(34-24)29-21(18-27(30)35-29)12-10-8-6-4-2/h13-19H,3-12H2,1-2H3. The molecule has 0 fully saturated rings. The van der Waals surface area contributed by atoms with Gasteiger partial charge in [0, 0.05) is 29.3 Å². The van der Waals surface area contributed by atoms with Gasteiger partial charge in [0.25, 0.3) is 0 Å². The van der Waals surface area contributed by atoms with Crippen LogP contribution in [0, 0.1) is 0 Å². The number of halogens is 1. The van der Waals surface area contributed by atoms with Crippen molar-refractivity contribution in [2.75, 3.05) is 0 Å². The molecule has 4 heterocycles. The Bertz CT molecular complexity index is 1230. The summed E-state index contributed by atoms with van der Waals surface area (Å²) in [4.78, 5) is 20.3. The first-order valence-corrected chi connectivity index (χ1v) is 16.8. The molecule has 6 heteroatoms. The fourth-order valence-electron chi connectivity index (χ4n) is 4.36. The largest absolute Gasteiger partial charge is 0.297 e. The van der Waals surface area contributed by atoms with Gasteiger partial charge in [-0.25, -0.2) is 0 Å². The summed E-state index contributed by atoms with van der Waals surface area (Å²) in [7, 11) is 0. The summed E-state index contributed by atoms with van der Waals surface area (Å²) >= 11 is 11.0. The van der Waals surface area contributed by atoms with Crippen molar-refractivity contribution in [3.63, 3.8) is 0 Å². The van der Waals surface area contributed by atoms with Crippen LogP contribution in [0.3, 0.4) is 0 Å². The third kappa shape index (κ3) is 7.04. The number of hydrogen-bond acceptors (Lipinski definition) is 5. The number of hydrogen-bond donors (Lipinski definition) is 0. The first-order chi connectivity index (χ1) is 17.1. The highest BCUT2D eigenvalue weighted by atomic mass is 79.9. The highest BCUT2D eigenvalue weighted by Gasteiger charge is 2.16. The minimum Gasteiger partial charge on any atom is -0.297 e. The van der Waals surface area contributed by atoms with E-state index in [1.54, 1.807) is 11.3 Å². The highest BCUT2D eigenvalue weighted by molar-refractivity contribution is 9.11. The maximum Gasteiger partial charge on any atom is 0.160 e. The number of aryl methyl sites for hydroxylation is 2. The van der Waals surface area contributed by atoms with Crippen LogP contribution >= 0.6 is 61.3 Å². The Morgan fingerprint density at radius 2 is 1.17 bits per heavy atom. The van der Waals surface area contributed by atoms with E-state index in [-0.39, 0.29) is 0 Å². The van der Waals surface area contributed by atoms with Gasteiger partial charge in [-0.05, 0) is 89.1 Å². The Labute approximate surface area is 234 Å². The molecule has 0 amide bonds. The van der Waals surface area contributed by atoms with E-state index in [1.165, 1.54) is 95.5 Å². The molecule has 186 valence electrons. The fourth-order valence-corrected chi connectivity index (χ4v) is 9.48. The molecule has 4 rings (SSSR count). The third-order valence-electron chi connectivity index (χ3n) is 6.22. The monoisotopic (exact) mass is 604 g/mol. The van der Waals surface area contributed by atoms with Crippen molar-refractivity contribution in [2.24, 2.45) is 0 Å². The first-order valence-electron chi connectivity index (χ1n) is 12.7. The van der Waals surface area contributed by atoms with Gasteiger partial charge in [-0.1, -0.05) is 52.4 Å². The van der Waals surface area contributed by atoms with Crippen molar-refractivity contribution in [3.8, 4) is 29.3 Å². The highest BCUT2D eigenvalue weighted by Crippen LogP contribution is 2.45. The Hall–Kier alpha value is -1.05. The number of carbonyl (C=O) groups excluding carboxylic acids is 1. The minimum absolute atomic E-state index is 0.841. The molecule has 0 N–H and O–H groups in total. The third-order valence-corrected chi connectivity index (χ3v) is 11.7. The molecule has 0 unspecified atom stereocenters. The van der Waals surface area contributed by atoms with Crippen LogP contribution in [0.1, 0.15) is 86.0 Å². The molecule has 0 aromatic carbocycles. The SMILES string of the molecule is CCCCCCc1cc(Br)sc1-c1ccc(-c2ccc(-c3sc(C=O)cc3CCCCCC)s2)s1. The van der Waals surface area contributed by atoms with E-state index >= 15 is 0 Å². The Kier molecular flexibility index (Phi) is 10.4. The summed E-state index contributed by atoms with van der Waals surface area (Å²) in [5.41, 5.74) is 2.82. The summed E-state index contributed by atoms with van der Waals surface area (Å²) < 4.78 is 1.22. The van der Waals surface area contributed by atoms with Crippen LogP contribution in [-0.2, 0) is 12.8 Å². The van der Waals surface area contributed by atoms with Crippen molar-refractivity contribution in [2.45, 2.75) is 78.1 Å². The minimum atomic E-state index is 0.841. The summed E-state index contributed by atoms with van der Waals surface area (Å²) in [6, 6.07) is 13.5. The van der Waals surface area contributed by atoms with E-state index in [2.05, 4.69) is 66.2 Å². The van der Waals surface area contributed by atoms with Crippen molar-refractivity contribution in [3.05, 3.63) is 56.2 Å². The molecule has 4 aromatic heterocycles. The predicted octanol–water partition coefficient (Wildman–Crippen LogP) is 11.8. The second-order valence-electron chi connectivity index (χ2n) is 8.97. The number of thiophene rings is 4. The van der Waals surface area contributed by atoms with E-state index in [0.717, 1.165) is 24.0 Å². The molecule has 0 aliphatic heterocycles. The van der Waals surface area contributed by atoms with Crippen molar-refractivity contribution < 1.29 is 4.79 Å². The van der Waals surface area contributed by atoms with Gasteiger partial charge in [0.2, 0.25) is 0 Å². The van der Waals surface area contributed by atoms with Crippen molar-refractivity contribution in [1.29, 1.82) is 0 Å². The van der Waals surface area contributed by atoms with Crippen LogP contribution in [0.15, 0.2) is 40.2 Å². The number of carbonyl (C=O) groups is 1. The van der Waals surface area contributed by atoms with Crippen LogP contribution in [0.4, 0.5) is 0 Å². The Morgan fingerprint density at radius 1 is 0.657 bits per heavy atom. The lowest BCUT2D eigenvalue weighted by Gasteiger charge is -2.02. The Balaban J connectivity index is 1.52. The van der Waals surface area contributed by atoms with Gasteiger partial charge < -0.3 is 0 Å². The fraction of sp³-hybridized carbons (Fsp3) is 0.414. The molecule has 0 spiro atoms. The smallest absolute Gasteiger partial charge is 0.160 e. The molecule has 0 bridgehead atoms. The summed E-state index contributed by atoms with van der Waals surface area (Å²) in [5, 5.41) is 0. The molecule has 0 aliphatic carbocycles. The first kappa shape index (κ1) is 27.0. The van der Waals surface area contributed by atoms with Gasteiger partial charge in [0.1, 0.15) is 0 Å². The summed E-state index contributed by atoms with van der Waals surface area (Å²) in [5.74, 6) is 0. The van der Waals surface area contributed by atoms with Crippen molar-refractivity contribution >= 4 is 67.6 Å². The molecule has 0 aliphatic rings.